The van der Waals surface area contributed by atoms with Crippen LogP contribution in [0.25, 0.3) is 11.0 Å². The largest absolute Gasteiger partial charge is 0.399 e. The number of aromatic nitrogens is 2. The minimum atomic E-state index is 0.0560. The van der Waals surface area contributed by atoms with Gasteiger partial charge >= 0.3 is 0 Å². The summed E-state index contributed by atoms with van der Waals surface area (Å²) in [5.74, 6) is 1.01. The number of fused-ring (bicyclic) bond motifs is 1. The summed E-state index contributed by atoms with van der Waals surface area (Å²) in [6.07, 6.45) is 0.837. The van der Waals surface area contributed by atoms with Gasteiger partial charge in [0.25, 0.3) is 0 Å². The van der Waals surface area contributed by atoms with Crippen LogP contribution in [0.3, 0.4) is 0 Å². The van der Waals surface area contributed by atoms with Gasteiger partial charge in [0.1, 0.15) is 5.82 Å². The molecule has 0 aliphatic carbocycles. The Morgan fingerprint density at radius 1 is 1.53 bits per heavy atom. The van der Waals surface area contributed by atoms with Crippen molar-refractivity contribution in [2.24, 2.45) is 5.92 Å². The van der Waals surface area contributed by atoms with E-state index in [2.05, 4.69) is 20.9 Å². The molecular weight excluding hydrogens is 238 g/mol. The molecule has 2 rings (SSSR count). The maximum Gasteiger partial charge on any atom is 0.108 e. The lowest BCUT2D eigenvalue weighted by Crippen LogP contribution is -2.26. The van der Waals surface area contributed by atoms with Crippen LogP contribution in [0.15, 0.2) is 18.2 Å². The molecule has 1 aromatic carbocycles. The molecule has 0 radical (unpaired) electrons. The minimum Gasteiger partial charge on any atom is -0.399 e. The van der Waals surface area contributed by atoms with E-state index in [9.17, 15) is 0 Å². The van der Waals surface area contributed by atoms with Crippen molar-refractivity contribution < 1.29 is 0 Å². The van der Waals surface area contributed by atoms with Gasteiger partial charge in [-0.2, -0.15) is 5.26 Å². The van der Waals surface area contributed by atoms with E-state index in [-0.39, 0.29) is 5.92 Å². The fourth-order valence-corrected chi connectivity index (χ4v) is 2.09. The smallest absolute Gasteiger partial charge is 0.108 e. The predicted molar refractivity (Wildman–Crippen MR) is 76.5 cm³/mol. The first-order valence-corrected chi connectivity index (χ1v) is 6.41. The Hall–Kier alpha value is -2.06. The van der Waals surface area contributed by atoms with Crippen molar-refractivity contribution in [3.8, 4) is 6.07 Å². The third kappa shape index (κ3) is 3.46. The van der Waals surface area contributed by atoms with E-state index in [0.29, 0.717) is 0 Å². The standard InChI is InChI=1S/C14H19N5/c1-10(8-15)9-19(2)6-5-14-17-12-4-3-11(16)7-13(12)18-14/h3-4,7,10H,5-6,9,16H2,1-2H3,(H,17,18). The molecule has 2 aromatic rings. The van der Waals surface area contributed by atoms with E-state index in [1.54, 1.807) is 0 Å². The number of anilines is 1. The van der Waals surface area contributed by atoms with Gasteiger partial charge in [0.05, 0.1) is 23.0 Å². The Morgan fingerprint density at radius 3 is 3.05 bits per heavy atom. The molecule has 0 saturated heterocycles. The van der Waals surface area contributed by atoms with Gasteiger partial charge in [-0.3, -0.25) is 0 Å². The molecule has 3 N–H and O–H groups in total. The third-order valence-corrected chi connectivity index (χ3v) is 3.09. The van der Waals surface area contributed by atoms with Crippen LogP contribution >= 0.6 is 0 Å². The van der Waals surface area contributed by atoms with Crippen molar-refractivity contribution in [3.63, 3.8) is 0 Å². The van der Waals surface area contributed by atoms with Crippen LogP contribution in [-0.4, -0.2) is 35.0 Å². The Labute approximate surface area is 113 Å². The molecule has 1 unspecified atom stereocenters. The van der Waals surface area contributed by atoms with Crippen LogP contribution in [0, 0.1) is 17.2 Å². The molecule has 1 atom stereocenters. The Balaban J connectivity index is 1.96. The average molecular weight is 257 g/mol. The lowest BCUT2D eigenvalue weighted by molar-refractivity contribution is 0.312. The Morgan fingerprint density at radius 2 is 2.32 bits per heavy atom. The first-order chi connectivity index (χ1) is 9.08. The molecule has 5 heteroatoms. The second-order valence-electron chi connectivity index (χ2n) is 5.00. The normalized spacial score (nSPS) is 12.7. The molecule has 0 spiro atoms. The van der Waals surface area contributed by atoms with Crippen molar-refractivity contribution in [1.82, 2.24) is 14.9 Å². The summed E-state index contributed by atoms with van der Waals surface area (Å²) < 4.78 is 0. The summed E-state index contributed by atoms with van der Waals surface area (Å²) >= 11 is 0. The summed E-state index contributed by atoms with van der Waals surface area (Å²) in [5.41, 5.74) is 8.39. The number of nitrogens with two attached hydrogens (primary N) is 1. The van der Waals surface area contributed by atoms with Crippen LogP contribution < -0.4 is 5.73 Å². The summed E-state index contributed by atoms with van der Waals surface area (Å²) in [7, 11) is 2.02. The summed E-state index contributed by atoms with van der Waals surface area (Å²) in [6.45, 7) is 3.59. The molecule has 100 valence electrons. The van der Waals surface area contributed by atoms with E-state index < -0.39 is 0 Å². The number of benzene rings is 1. The maximum absolute atomic E-state index is 8.78. The van der Waals surface area contributed by atoms with E-state index in [1.165, 1.54) is 0 Å². The number of H-pyrrole nitrogens is 1. The number of hydrogen-bond acceptors (Lipinski definition) is 4. The van der Waals surface area contributed by atoms with Gasteiger partial charge in [0.2, 0.25) is 0 Å². The lowest BCUT2D eigenvalue weighted by Gasteiger charge is -2.16. The number of rotatable bonds is 5. The van der Waals surface area contributed by atoms with E-state index >= 15 is 0 Å². The van der Waals surface area contributed by atoms with Gasteiger partial charge in [-0.15, -0.1) is 0 Å². The number of nitrogens with zero attached hydrogens (tertiary/aromatic N) is 3. The topological polar surface area (TPSA) is 81.7 Å². The van der Waals surface area contributed by atoms with Gasteiger partial charge in [-0.05, 0) is 32.2 Å². The van der Waals surface area contributed by atoms with E-state index in [0.717, 1.165) is 42.1 Å². The molecule has 0 amide bonds. The van der Waals surface area contributed by atoms with Crippen LogP contribution in [0.5, 0.6) is 0 Å². The molecule has 19 heavy (non-hydrogen) atoms. The molecule has 0 saturated carbocycles. The molecule has 5 nitrogen and oxygen atoms in total. The van der Waals surface area contributed by atoms with E-state index in [4.69, 9.17) is 11.0 Å². The SMILES string of the molecule is CC(C#N)CN(C)CCc1nc2ccc(N)cc2[nH]1. The molecule has 1 aromatic heterocycles. The zero-order valence-electron chi connectivity index (χ0n) is 11.3. The molecule has 0 fully saturated rings. The maximum atomic E-state index is 8.78. The highest BCUT2D eigenvalue weighted by atomic mass is 15.1. The van der Waals surface area contributed by atoms with Crippen molar-refractivity contribution in [1.29, 1.82) is 5.26 Å². The van der Waals surface area contributed by atoms with Gasteiger partial charge in [-0.1, -0.05) is 0 Å². The quantitative estimate of drug-likeness (QED) is 0.800. The van der Waals surface area contributed by atoms with Crippen LogP contribution in [0.1, 0.15) is 12.7 Å². The number of hydrogen-bond donors (Lipinski definition) is 2. The Kier molecular flexibility index (Phi) is 4.03. The van der Waals surface area contributed by atoms with Crippen LogP contribution in [0.2, 0.25) is 0 Å². The molecule has 0 bridgehead atoms. The predicted octanol–water partition coefficient (Wildman–Crippen LogP) is 1.78. The highest BCUT2D eigenvalue weighted by Gasteiger charge is 2.07. The first-order valence-electron chi connectivity index (χ1n) is 6.41. The molecular formula is C14H19N5. The highest BCUT2D eigenvalue weighted by Crippen LogP contribution is 2.15. The van der Waals surface area contributed by atoms with Crippen molar-refractivity contribution >= 4 is 16.7 Å². The number of aromatic amines is 1. The van der Waals surface area contributed by atoms with Crippen molar-refractivity contribution in [2.75, 3.05) is 25.9 Å². The fourth-order valence-electron chi connectivity index (χ4n) is 2.09. The van der Waals surface area contributed by atoms with Gasteiger partial charge in [0, 0.05) is 25.2 Å². The number of likely N-dealkylation sites (N-methyl/N-ethyl adjacent to an activating group) is 1. The summed E-state index contributed by atoms with van der Waals surface area (Å²) in [4.78, 5) is 9.95. The van der Waals surface area contributed by atoms with Crippen molar-refractivity contribution in [3.05, 3.63) is 24.0 Å². The lowest BCUT2D eigenvalue weighted by atomic mass is 10.2. The second-order valence-corrected chi connectivity index (χ2v) is 5.00. The minimum absolute atomic E-state index is 0.0560. The number of nitrogens with one attached hydrogen (secondary N) is 1. The highest BCUT2D eigenvalue weighted by molar-refractivity contribution is 5.78. The number of nitriles is 1. The monoisotopic (exact) mass is 257 g/mol. The number of imidazole rings is 1. The first kappa shape index (κ1) is 13.4. The molecule has 0 aliphatic heterocycles. The van der Waals surface area contributed by atoms with Gasteiger partial charge in [0.15, 0.2) is 0 Å². The van der Waals surface area contributed by atoms with Gasteiger partial charge < -0.3 is 15.6 Å². The third-order valence-electron chi connectivity index (χ3n) is 3.09. The molecule has 1 heterocycles. The fraction of sp³-hybridized carbons (Fsp3) is 0.429. The summed E-state index contributed by atoms with van der Waals surface area (Å²) in [5, 5.41) is 8.78. The zero-order chi connectivity index (χ0) is 13.8. The van der Waals surface area contributed by atoms with Crippen LogP contribution in [0.4, 0.5) is 5.69 Å². The van der Waals surface area contributed by atoms with E-state index in [1.807, 2.05) is 32.2 Å². The Bertz CT molecular complexity index is 595. The van der Waals surface area contributed by atoms with Crippen molar-refractivity contribution in [2.45, 2.75) is 13.3 Å². The zero-order valence-corrected chi connectivity index (χ0v) is 11.3. The average Bonchev–Trinajstić information content (AvgIpc) is 2.78. The molecule has 0 aliphatic rings. The van der Waals surface area contributed by atoms with Gasteiger partial charge in [-0.25, -0.2) is 4.98 Å². The second kappa shape index (κ2) is 5.72. The summed E-state index contributed by atoms with van der Waals surface area (Å²) in [6, 6.07) is 7.92. The number of nitrogen functional groups attached to an aromatic ring is 1. The van der Waals surface area contributed by atoms with Crippen LogP contribution in [-0.2, 0) is 6.42 Å².